The van der Waals surface area contributed by atoms with Gasteiger partial charge in [-0.1, -0.05) is 44.7 Å². The zero-order valence-electron chi connectivity index (χ0n) is 17.0. The Bertz CT molecular complexity index is 541. The van der Waals surface area contributed by atoms with Crippen LogP contribution < -0.4 is 10.1 Å². The maximum absolute atomic E-state index is 12.4. The Labute approximate surface area is 164 Å². The van der Waals surface area contributed by atoms with Crippen LogP contribution in [0.25, 0.3) is 0 Å². The molecule has 1 heterocycles. The van der Waals surface area contributed by atoms with Crippen molar-refractivity contribution < 1.29 is 14.6 Å². The van der Waals surface area contributed by atoms with Crippen LogP contribution in [0.2, 0.25) is 0 Å². The van der Waals surface area contributed by atoms with Gasteiger partial charge in [-0.3, -0.25) is 4.79 Å². The van der Waals surface area contributed by atoms with Crippen molar-refractivity contribution in [2.24, 2.45) is 0 Å². The van der Waals surface area contributed by atoms with E-state index >= 15 is 0 Å². The van der Waals surface area contributed by atoms with Crippen LogP contribution in [0.1, 0.15) is 70.0 Å². The number of likely N-dealkylation sites (tertiary alicyclic amines) is 1. The number of aliphatic hydroxyl groups excluding tert-OH is 1. The first kappa shape index (κ1) is 21.7. The normalized spacial score (nSPS) is 16.9. The lowest BCUT2D eigenvalue weighted by molar-refractivity contribution is -0.123. The first-order chi connectivity index (χ1) is 13.1. The van der Waals surface area contributed by atoms with E-state index < -0.39 is 6.10 Å². The van der Waals surface area contributed by atoms with E-state index in [1.165, 1.54) is 32.1 Å². The molecule has 1 fully saturated rings. The molecule has 0 bridgehead atoms. The highest BCUT2D eigenvalue weighted by Gasteiger charge is 2.26. The van der Waals surface area contributed by atoms with Crippen molar-refractivity contribution in [3.05, 3.63) is 29.8 Å². The molecule has 1 aromatic carbocycles. The van der Waals surface area contributed by atoms with Gasteiger partial charge in [0, 0.05) is 13.0 Å². The average Bonchev–Trinajstić information content (AvgIpc) is 3.20. The minimum Gasteiger partial charge on any atom is -0.497 e. The molecular weight excluding hydrogens is 340 g/mol. The van der Waals surface area contributed by atoms with Crippen molar-refractivity contribution in [3.8, 4) is 5.75 Å². The van der Waals surface area contributed by atoms with E-state index in [2.05, 4.69) is 17.1 Å². The average molecular weight is 377 g/mol. The van der Waals surface area contributed by atoms with Crippen LogP contribution in [0, 0.1) is 0 Å². The highest BCUT2D eigenvalue weighted by atomic mass is 16.5. The summed E-state index contributed by atoms with van der Waals surface area (Å²) < 4.78 is 5.19. The number of unbranched alkanes of at least 4 members (excludes halogenated alkanes) is 4. The molecule has 1 amide bonds. The maximum atomic E-state index is 12.4. The predicted octanol–water partition coefficient (Wildman–Crippen LogP) is 3.67. The first-order valence-electron chi connectivity index (χ1n) is 10.5. The minimum absolute atomic E-state index is 0.0447. The van der Waals surface area contributed by atoms with Gasteiger partial charge in [-0.15, -0.1) is 0 Å². The number of carbonyl (C=O) groups excluding carboxylic acids is 1. The van der Waals surface area contributed by atoms with Gasteiger partial charge in [0.05, 0.1) is 13.2 Å². The van der Waals surface area contributed by atoms with Gasteiger partial charge < -0.3 is 20.1 Å². The number of aliphatic hydroxyl groups is 1. The quantitative estimate of drug-likeness (QED) is 0.547. The van der Waals surface area contributed by atoms with Crippen molar-refractivity contribution in [2.45, 2.75) is 70.4 Å². The molecule has 0 saturated carbocycles. The van der Waals surface area contributed by atoms with Crippen LogP contribution in [0.15, 0.2) is 24.3 Å². The summed E-state index contributed by atoms with van der Waals surface area (Å²) in [7, 11) is 1.63. The molecule has 0 aliphatic carbocycles. The zero-order chi connectivity index (χ0) is 19.5. The summed E-state index contributed by atoms with van der Waals surface area (Å²) in [4.78, 5) is 14.8. The lowest BCUT2D eigenvalue weighted by atomic mass is 10.0. The van der Waals surface area contributed by atoms with Crippen LogP contribution in [0.4, 0.5) is 0 Å². The van der Waals surface area contributed by atoms with Gasteiger partial charge in [-0.05, 0) is 50.0 Å². The zero-order valence-corrected chi connectivity index (χ0v) is 17.0. The topological polar surface area (TPSA) is 61.8 Å². The highest BCUT2D eigenvalue weighted by molar-refractivity contribution is 5.76. The lowest BCUT2D eigenvalue weighted by Crippen LogP contribution is -2.46. The number of rotatable bonds is 12. The summed E-state index contributed by atoms with van der Waals surface area (Å²) in [5, 5.41) is 14.0. The summed E-state index contributed by atoms with van der Waals surface area (Å²) in [5.74, 6) is 0.807. The summed E-state index contributed by atoms with van der Waals surface area (Å²) in [6.07, 6.45) is 7.84. The van der Waals surface area contributed by atoms with Crippen molar-refractivity contribution in [3.63, 3.8) is 0 Å². The number of hydrogen-bond acceptors (Lipinski definition) is 4. The van der Waals surface area contributed by atoms with Gasteiger partial charge in [0.25, 0.3) is 0 Å². The van der Waals surface area contributed by atoms with Gasteiger partial charge in [0.2, 0.25) is 5.91 Å². The number of carbonyl (C=O) groups is 1. The lowest BCUT2D eigenvalue weighted by Gasteiger charge is -2.29. The SMILES string of the molecule is CCCCCCCC(=O)NC(CN1CCCC1)C(O)c1ccc(OC)cc1. The Morgan fingerprint density at radius 2 is 1.81 bits per heavy atom. The van der Waals surface area contributed by atoms with Crippen molar-refractivity contribution in [2.75, 3.05) is 26.7 Å². The fraction of sp³-hybridized carbons (Fsp3) is 0.682. The van der Waals surface area contributed by atoms with Crippen molar-refractivity contribution in [1.82, 2.24) is 10.2 Å². The summed E-state index contributed by atoms with van der Waals surface area (Å²) in [5.41, 5.74) is 0.809. The number of nitrogens with one attached hydrogen (secondary N) is 1. The van der Waals surface area contributed by atoms with Gasteiger partial charge in [-0.2, -0.15) is 0 Å². The van der Waals surface area contributed by atoms with E-state index in [1.54, 1.807) is 7.11 Å². The van der Waals surface area contributed by atoms with E-state index in [4.69, 9.17) is 4.74 Å². The van der Waals surface area contributed by atoms with E-state index in [0.29, 0.717) is 13.0 Å². The number of amides is 1. The molecule has 0 spiro atoms. The van der Waals surface area contributed by atoms with Crippen molar-refractivity contribution in [1.29, 1.82) is 0 Å². The molecule has 152 valence electrons. The van der Waals surface area contributed by atoms with Crippen LogP contribution in [-0.4, -0.2) is 48.7 Å². The van der Waals surface area contributed by atoms with E-state index in [9.17, 15) is 9.90 Å². The highest BCUT2D eigenvalue weighted by Crippen LogP contribution is 2.22. The Kier molecular flexibility index (Phi) is 9.64. The molecule has 27 heavy (non-hydrogen) atoms. The Balaban J connectivity index is 1.93. The first-order valence-corrected chi connectivity index (χ1v) is 10.5. The van der Waals surface area contributed by atoms with Gasteiger partial charge in [0.1, 0.15) is 11.9 Å². The molecule has 1 aliphatic heterocycles. The van der Waals surface area contributed by atoms with E-state index in [-0.39, 0.29) is 11.9 Å². The number of hydrogen-bond donors (Lipinski definition) is 2. The summed E-state index contributed by atoms with van der Waals surface area (Å²) >= 11 is 0. The fourth-order valence-corrected chi connectivity index (χ4v) is 3.67. The van der Waals surface area contributed by atoms with E-state index in [0.717, 1.165) is 37.2 Å². The molecular formula is C22H36N2O3. The number of ether oxygens (including phenoxy) is 1. The molecule has 1 aromatic rings. The Hall–Kier alpha value is -1.59. The second kappa shape index (κ2) is 12.0. The van der Waals surface area contributed by atoms with E-state index in [1.807, 2.05) is 24.3 Å². The van der Waals surface area contributed by atoms with Crippen LogP contribution >= 0.6 is 0 Å². The maximum Gasteiger partial charge on any atom is 0.220 e. The van der Waals surface area contributed by atoms with Gasteiger partial charge >= 0.3 is 0 Å². The largest absolute Gasteiger partial charge is 0.497 e. The molecule has 2 unspecified atom stereocenters. The molecule has 2 rings (SSSR count). The predicted molar refractivity (Wildman–Crippen MR) is 109 cm³/mol. The van der Waals surface area contributed by atoms with Crippen molar-refractivity contribution >= 4 is 5.91 Å². The molecule has 0 radical (unpaired) electrons. The van der Waals surface area contributed by atoms with Gasteiger partial charge in [0.15, 0.2) is 0 Å². The van der Waals surface area contributed by atoms with Crippen LogP contribution in [0.3, 0.4) is 0 Å². The van der Waals surface area contributed by atoms with Gasteiger partial charge in [-0.25, -0.2) is 0 Å². The number of benzene rings is 1. The summed E-state index contributed by atoms with van der Waals surface area (Å²) in [6.45, 7) is 4.96. The standard InChI is InChI=1S/C22H36N2O3/c1-3-4-5-6-7-10-21(25)23-20(17-24-15-8-9-16-24)22(26)18-11-13-19(27-2)14-12-18/h11-14,20,22,26H,3-10,15-17H2,1-2H3,(H,23,25). The summed E-state index contributed by atoms with van der Waals surface area (Å²) in [6, 6.07) is 7.15. The molecule has 5 nitrogen and oxygen atoms in total. The second-order valence-electron chi connectivity index (χ2n) is 7.56. The molecule has 1 aliphatic rings. The third-order valence-electron chi connectivity index (χ3n) is 5.35. The molecule has 2 N–H and O–H groups in total. The number of methoxy groups -OCH3 is 1. The monoisotopic (exact) mass is 376 g/mol. The Morgan fingerprint density at radius 1 is 1.15 bits per heavy atom. The Morgan fingerprint density at radius 3 is 2.44 bits per heavy atom. The third kappa shape index (κ3) is 7.51. The van der Waals surface area contributed by atoms with Crippen LogP contribution in [0.5, 0.6) is 5.75 Å². The molecule has 2 atom stereocenters. The van der Waals surface area contributed by atoms with Crippen LogP contribution in [-0.2, 0) is 4.79 Å². The minimum atomic E-state index is -0.722. The second-order valence-corrected chi connectivity index (χ2v) is 7.56. The number of nitrogens with zero attached hydrogens (tertiary/aromatic N) is 1. The third-order valence-corrected chi connectivity index (χ3v) is 5.35. The smallest absolute Gasteiger partial charge is 0.220 e. The molecule has 1 saturated heterocycles. The fourth-order valence-electron chi connectivity index (χ4n) is 3.67. The molecule has 5 heteroatoms. The molecule has 0 aromatic heterocycles.